The molecular weight excluding hydrogens is 192 g/mol. The first kappa shape index (κ1) is 10.1. The molecule has 4 fully saturated rings. The molecule has 2 N–H and O–H groups in total. The molecule has 4 aliphatic rings. The van der Waals surface area contributed by atoms with E-state index in [9.17, 15) is 10.2 Å². The first-order chi connectivity index (χ1) is 7.00. The minimum atomic E-state index is -0.440. The van der Waals surface area contributed by atoms with Crippen molar-refractivity contribution in [2.24, 2.45) is 11.8 Å². The van der Waals surface area contributed by atoms with Crippen molar-refractivity contribution in [1.29, 1.82) is 0 Å². The molecule has 86 valence electrons. The molecule has 4 aliphatic carbocycles. The van der Waals surface area contributed by atoms with Crippen molar-refractivity contribution >= 4 is 0 Å². The molecule has 4 rings (SSSR count). The summed E-state index contributed by atoms with van der Waals surface area (Å²) < 4.78 is 5.88. The van der Waals surface area contributed by atoms with Crippen LogP contribution in [0.15, 0.2) is 0 Å². The molecule has 2 unspecified atom stereocenters. The second-order valence-corrected chi connectivity index (χ2v) is 6.08. The Hall–Kier alpha value is -0.120. The molecule has 0 aromatic heterocycles. The molecule has 0 aromatic rings. The van der Waals surface area contributed by atoms with Crippen LogP contribution >= 0.6 is 0 Å². The highest BCUT2D eigenvalue weighted by Crippen LogP contribution is 2.62. The highest BCUT2D eigenvalue weighted by atomic mass is 16.5. The van der Waals surface area contributed by atoms with E-state index in [4.69, 9.17) is 4.74 Å². The predicted octanol–water partition coefficient (Wildman–Crippen LogP) is 1.08. The summed E-state index contributed by atoms with van der Waals surface area (Å²) in [6, 6.07) is 0. The highest BCUT2D eigenvalue weighted by Gasteiger charge is 2.62. The second-order valence-electron chi connectivity index (χ2n) is 6.08. The molecule has 3 heteroatoms. The lowest BCUT2D eigenvalue weighted by molar-refractivity contribution is -0.147. The lowest BCUT2D eigenvalue weighted by Gasteiger charge is -2.43. The van der Waals surface area contributed by atoms with Gasteiger partial charge in [0.2, 0.25) is 0 Å². The van der Waals surface area contributed by atoms with Gasteiger partial charge >= 0.3 is 0 Å². The fourth-order valence-electron chi connectivity index (χ4n) is 4.26. The van der Waals surface area contributed by atoms with Crippen molar-refractivity contribution in [2.75, 3.05) is 6.61 Å². The average Bonchev–Trinajstić information content (AvgIpc) is 2.47. The van der Waals surface area contributed by atoms with Crippen molar-refractivity contribution in [1.82, 2.24) is 0 Å². The lowest BCUT2D eigenvalue weighted by atomic mass is 9.75. The minimum absolute atomic E-state index is 0.0996. The van der Waals surface area contributed by atoms with Gasteiger partial charge in [0.1, 0.15) is 0 Å². The molecule has 0 radical (unpaired) electrons. The Kier molecular flexibility index (Phi) is 1.99. The third kappa shape index (κ3) is 1.52. The van der Waals surface area contributed by atoms with Crippen LogP contribution in [0.2, 0.25) is 0 Å². The summed E-state index contributed by atoms with van der Waals surface area (Å²) in [4.78, 5) is 0. The summed E-state index contributed by atoms with van der Waals surface area (Å²) in [6.07, 6.45) is 4.57. The third-order valence-electron chi connectivity index (χ3n) is 4.50. The van der Waals surface area contributed by atoms with Crippen LogP contribution in [-0.2, 0) is 4.74 Å². The maximum atomic E-state index is 10.3. The van der Waals surface area contributed by atoms with E-state index < -0.39 is 11.7 Å². The minimum Gasteiger partial charge on any atom is -0.391 e. The van der Waals surface area contributed by atoms with E-state index in [0.29, 0.717) is 18.4 Å². The largest absolute Gasteiger partial charge is 0.391 e. The zero-order valence-corrected chi connectivity index (χ0v) is 9.28. The van der Waals surface area contributed by atoms with Crippen molar-refractivity contribution in [3.05, 3.63) is 0 Å². The maximum absolute atomic E-state index is 10.3. The molecule has 0 amide bonds. The second kappa shape index (κ2) is 2.96. The van der Waals surface area contributed by atoms with Gasteiger partial charge in [0, 0.05) is 6.42 Å². The molecule has 0 aromatic carbocycles. The van der Waals surface area contributed by atoms with Gasteiger partial charge in [-0.1, -0.05) is 0 Å². The molecule has 3 nitrogen and oxygen atoms in total. The Morgan fingerprint density at radius 2 is 1.87 bits per heavy atom. The summed E-state index contributed by atoms with van der Waals surface area (Å²) in [5.41, 5.74) is -0.540. The van der Waals surface area contributed by atoms with E-state index in [1.165, 1.54) is 0 Å². The zero-order chi connectivity index (χ0) is 10.7. The van der Waals surface area contributed by atoms with Gasteiger partial charge in [-0.15, -0.1) is 0 Å². The topological polar surface area (TPSA) is 49.7 Å². The molecule has 4 bridgehead atoms. The van der Waals surface area contributed by atoms with E-state index in [1.807, 2.05) is 0 Å². The highest BCUT2D eigenvalue weighted by molar-refractivity contribution is 5.14. The first-order valence-electron chi connectivity index (χ1n) is 6.05. The number of aliphatic hydroxyl groups excluding tert-OH is 1. The first-order valence-corrected chi connectivity index (χ1v) is 6.05. The Morgan fingerprint density at radius 3 is 2.33 bits per heavy atom. The fourth-order valence-corrected chi connectivity index (χ4v) is 4.26. The average molecular weight is 212 g/mol. The van der Waals surface area contributed by atoms with E-state index in [1.54, 1.807) is 6.92 Å². The van der Waals surface area contributed by atoms with Crippen LogP contribution in [0.25, 0.3) is 0 Å². The third-order valence-corrected chi connectivity index (χ3v) is 4.50. The van der Waals surface area contributed by atoms with Crippen molar-refractivity contribution in [3.8, 4) is 0 Å². The van der Waals surface area contributed by atoms with Crippen LogP contribution in [0.1, 0.15) is 39.0 Å². The molecular formula is C12H20O3. The summed E-state index contributed by atoms with van der Waals surface area (Å²) >= 11 is 0. The fraction of sp³-hybridized carbons (Fsp3) is 1.00. The lowest BCUT2D eigenvalue weighted by Crippen LogP contribution is -2.47. The molecule has 0 aliphatic heterocycles. The van der Waals surface area contributed by atoms with Crippen molar-refractivity contribution < 1.29 is 14.9 Å². The quantitative estimate of drug-likeness (QED) is 0.736. The molecule has 0 spiro atoms. The van der Waals surface area contributed by atoms with Crippen LogP contribution in [-0.4, -0.2) is 34.1 Å². The van der Waals surface area contributed by atoms with E-state index >= 15 is 0 Å². The number of hydrogen-bond acceptors (Lipinski definition) is 3. The monoisotopic (exact) mass is 212 g/mol. The predicted molar refractivity (Wildman–Crippen MR) is 55.4 cm³/mol. The normalized spacial score (nSPS) is 53.8. The van der Waals surface area contributed by atoms with Gasteiger partial charge in [-0.25, -0.2) is 0 Å². The standard InChI is InChI=1S/C12H20O3/c1-8(13)6-15-12-4-9-2-11(14,7-12)3-10(9)5-12/h8-10,13-14H,2-7H2,1H3/t8-,9?,10?,11?,12?/m0/s1. The van der Waals surface area contributed by atoms with Crippen LogP contribution < -0.4 is 0 Å². The van der Waals surface area contributed by atoms with Gasteiger partial charge in [0.05, 0.1) is 23.9 Å². The number of rotatable bonds is 3. The molecule has 15 heavy (non-hydrogen) atoms. The van der Waals surface area contributed by atoms with Crippen LogP contribution in [0.4, 0.5) is 0 Å². The Labute approximate surface area is 90.4 Å². The SMILES string of the molecule is C[C@H](O)COC12CC3CC(O)(CC3C1)C2. The van der Waals surface area contributed by atoms with Crippen molar-refractivity contribution in [3.63, 3.8) is 0 Å². The number of ether oxygens (including phenoxy) is 1. The molecule has 4 saturated carbocycles. The number of aliphatic hydroxyl groups is 2. The van der Waals surface area contributed by atoms with Crippen LogP contribution in [0, 0.1) is 11.8 Å². The van der Waals surface area contributed by atoms with E-state index in [2.05, 4.69) is 0 Å². The maximum Gasteiger partial charge on any atom is 0.0745 e. The summed E-state index contributed by atoms with van der Waals surface area (Å²) in [7, 11) is 0. The Morgan fingerprint density at radius 1 is 1.27 bits per heavy atom. The Balaban J connectivity index is 1.73. The van der Waals surface area contributed by atoms with Crippen molar-refractivity contribution in [2.45, 2.75) is 56.3 Å². The molecule has 0 saturated heterocycles. The summed E-state index contributed by atoms with van der Waals surface area (Å²) in [6.45, 7) is 2.16. The van der Waals surface area contributed by atoms with Crippen LogP contribution in [0.3, 0.4) is 0 Å². The smallest absolute Gasteiger partial charge is 0.0745 e. The van der Waals surface area contributed by atoms with E-state index in [0.717, 1.165) is 32.1 Å². The summed E-state index contributed by atoms with van der Waals surface area (Å²) in [5.74, 6) is 1.36. The van der Waals surface area contributed by atoms with Gasteiger partial charge in [-0.3, -0.25) is 0 Å². The summed E-state index contributed by atoms with van der Waals surface area (Å²) in [5, 5.41) is 19.6. The Bertz CT molecular complexity index is 260. The zero-order valence-electron chi connectivity index (χ0n) is 9.28. The van der Waals surface area contributed by atoms with Gasteiger partial charge < -0.3 is 14.9 Å². The molecule has 3 atom stereocenters. The van der Waals surface area contributed by atoms with Gasteiger partial charge in [0.25, 0.3) is 0 Å². The van der Waals surface area contributed by atoms with Gasteiger partial charge in [-0.05, 0) is 44.4 Å². The van der Waals surface area contributed by atoms with Gasteiger partial charge in [-0.2, -0.15) is 0 Å². The molecule has 0 heterocycles. The van der Waals surface area contributed by atoms with Gasteiger partial charge in [0.15, 0.2) is 0 Å². The number of hydrogen-bond donors (Lipinski definition) is 2. The van der Waals surface area contributed by atoms with E-state index in [-0.39, 0.29) is 5.60 Å². The van der Waals surface area contributed by atoms with Crippen LogP contribution in [0.5, 0.6) is 0 Å².